The van der Waals surface area contributed by atoms with Crippen molar-refractivity contribution in [2.75, 3.05) is 0 Å². The minimum absolute atomic E-state index is 0.792. The summed E-state index contributed by atoms with van der Waals surface area (Å²) >= 11 is 0. The van der Waals surface area contributed by atoms with Crippen molar-refractivity contribution < 1.29 is 11.0 Å². The lowest BCUT2D eigenvalue weighted by atomic mass is 10.3. The molecule has 1 heterocycles. The van der Waals surface area contributed by atoms with Crippen molar-refractivity contribution >= 4 is 0 Å². The van der Waals surface area contributed by atoms with Crippen LogP contribution in [-0.2, 0) is 6.37 Å². The molecule has 0 aliphatic carbocycles. The molecule has 0 saturated heterocycles. The minimum Gasteiger partial charge on any atom is -0.326 e. The molecule has 0 fully saturated rings. The molecule has 2 nitrogen and oxygen atoms in total. The lowest BCUT2D eigenvalue weighted by Gasteiger charge is -1.90. The van der Waals surface area contributed by atoms with Crippen LogP contribution in [0.1, 0.15) is 23.5 Å². The minimum atomic E-state index is -3.08. The summed E-state index contributed by atoms with van der Waals surface area (Å²) in [6.45, 7) is -3.08. The van der Waals surface area contributed by atoms with Gasteiger partial charge in [0.05, 0.1) is 4.11 Å². The van der Waals surface area contributed by atoms with Crippen LogP contribution in [-0.4, -0.2) is 4.98 Å². The predicted molar refractivity (Wildman–Crippen MR) is 36.4 cm³/mol. The third kappa shape index (κ3) is 1.42. The van der Waals surface area contributed by atoms with Gasteiger partial charge in [0.1, 0.15) is 0 Å². The maximum Gasteiger partial charge on any atom is 0.248 e. The fraction of sp³-hybridized carbons (Fsp3) is 0.286. The topological polar surface area (TPSA) is 32.9 Å². The summed E-state index contributed by atoms with van der Waals surface area (Å²) in [6.07, 6.45) is -2.95. The third-order valence-corrected chi connectivity index (χ3v) is 0.727. The van der Waals surface area contributed by atoms with Crippen molar-refractivity contribution in [1.29, 1.82) is 0 Å². The van der Waals surface area contributed by atoms with Crippen molar-refractivity contribution in [3.8, 4) is 0 Å². The number of rotatable bonds is 1. The van der Waals surface area contributed by atoms with E-state index in [4.69, 9.17) is 11.0 Å². The first-order valence-corrected chi connectivity index (χ1v) is 2.20. The van der Waals surface area contributed by atoms with Crippen LogP contribution >= 0.6 is 0 Å². The van der Waals surface area contributed by atoms with E-state index in [1.54, 1.807) is 0 Å². The van der Waals surface area contributed by atoms with Gasteiger partial charge in [-0.3, -0.25) is 4.79 Å². The van der Waals surface area contributed by atoms with Crippen molar-refractivity contribution in [2.24, 2.45) is 0 Å². The van der Waals surface area contributed by atoms with Crippen LogP contribution < -0.4 is 5.56 Å². The Hall–Kier alpha value is -1.05. The second kappa shape index (κ2) is 2.49. The van der Waals surface area contributed by atoms with Crippen LogP contribution in [0.15, 0.2) is 22.9 Å². The third-order valence-electron chi connectivity index (χ3n) is 0.727. The highest BCUT2D eigenvalue weighted by Gasteiger charge is 1.85. The molecule has 0 saturated carbocycles. The SMILES string of the molecule is [2H]c1c(C([2H])([2H])C([2H])([2H])[2H])[nH]c(=O)c([2H])c1[2H]. The summed E-state index contributed by atoms with van der Waals surface area (Å²) in [7, 11) is 0. The number of nitrogens with one attached hydrogen (secondary N) is 1. The number of aryl methyl sites for hydroxylation is 1. The van der Waals surface area contributed by atoms with E-state index < -0.39 is 42.6 Å². The van der Waals surface area contributed by atoms with Gasteiger partial charge in [-0.05, 0) is 12.4 Å². The van der Waals surface area contributed by atoms with Gasteiger partial charge < -0.3 is 4.98 Å². The Morgan fingerprint density at radius 3 is 3.67 bits per heavy atom. The Bertz CT molecular complexity index is 502. The molecule has 9 heavy (non-hydrogen) atoms. The Morgan fingerprint density at radius 2 is 2.89 bits per heavy atom. The molecule has 0 aliphatic rings. The Kier molecular flexibility index (Phi) is 0.417. The van der Waals surface area contributed by atoms with E-state index in [2.05, 4.69) is 0 Å². The lowest BCUT2D eigenvalue weighted by Crippen LogP contribution is -2.04. The average Bonchev–Trinajstić information content (AvgIpc) is 2.18. The van der Waals surface area contributed by atoms with E-state index in [-0.39, 0.29) is 0 Å². The maximum atomic E-state index is 11.2. The van der Waals surface area contributed by atoms with E-state index >= 15 is 0 Å². The number of pyridine rings is 1. The normalized spacial score (nSPS) is 25.3. The van der Waals surface area contributed by atoms with Gasteiger partial charge in [-0.2, -0.15) is 0 Å². The molecule has 1 rings (SSSR count). The van der Waals surface area contributed by atoms with Gasteiger partial charge in [0.15, 0.2) is 0 Å². The van der Waals surface area contributed by atoms with Gasteiger partial charge in [-0.1, -0.05) is 12.9 Å². The Morgan fingerprint density at radius 1 is 2.00 bits per heavy atom. The van der Waals surface area contributed by atoms with E-state index in [0.29, 0.717) is 0 Å². The molecule has 0 atom stereocenters. The van der Waals surface area contributed by atoms with Gasteiger partial charge in [0.2, 0.25) is 5.56 Å². The molecule has 1 N–H and O–H groups in total. The second-order valence-electron chi connectivity index (χ2n) is 1.33. The zero-order chi connectivity index (χ0) is 13.6. The predicted octanol–water partition coefficient (Wildman–Crippen LogP) is 0.937. The highest BCUT2D eigenvalue weighted by atomic mass is 16.1. The second-order valence-corrected chi connectivity index (χ2v) is 1.33. The van der Waals surface area contributed by atoms with Crippen LogP contribution in [0.4, 0.5) is 0 Å². The van der Waals surface area contributed by atoms with Crippen molar-refractivity contribution in [3.63, 3.8) is 0 Å². The molecule has 48 valence electrons. The first-order chi connectivity index (χ1) is 7.50. The molecule has 0 aliphatic heterocycles. The molecule has 1 aromatic rings. The zero-order valence-electron chi connectivity index (χ0n) is 12.4. The first-order valence-electron chi connectivity index (χ1n) is 6.20. The number of hydrogen-bond donors (Lipinski definition) is 1. The molecular weight excluding hydrogens is 114 g/mol. The fourth-order valence-corrected chi connectivity index (χ4v) is 0.389. The fourth-order valence-electron chi connectivity index (χ4n) is 0.389. The van der Waals surface area contributed by atoms with Crippen LogP contribution in [0.5, 0.6) is 0 Å². The molecule has 0 unspecified atom stereocenters. The number of aromatic amines is 1. The van der Waals surface area contributed by atoms with E-state index in [9.17, 15) is 4.79 Å². The number of H-pyrrole nitrogens is 1. The van der Waals surface area contributed by atoms with Gasteiger partial charge in [-0.15, -0.1) is 0 Å². The lowest BCUT2D eigenvalue weighted by molar-refractivity contribution is 1.01. The molecule has 2 heteroatoms. The molecular formula is C7H9NO. The van der Waals surface area contributed by atoms with Crippen LogP contribution in [0.3, 0.4) is 0 Å². The van der Waals surface area contributed by atoms with E-state index in [1.165, 1.54) is 0 Å². The van der Waals surface area contributed by atoms with E-state index in [1.807, 2.05) is 4.98 Å². The monoisotopic (exact) mass is 131 g/mol. The summed E-state index contributed by atoms with van der Waals surface area (Å²) in [6, 6.07) is -2.38. The molecule has 0 aromatic carbocycles. The van der Waals surface area contributed by atoms with Crippen molar-refractivity contribution in [1.82, 2.24) is 4.98 Å². The molecule has 1 aromatic heterocycles. The average molecular weight is 131 g/mol. The summed E-state index contributed by atoms with van der Waals surface area (Å²) in [5, 5.41) is 0. The first kappa shape index (κ1) is 1.51. The molecule has 0 bridgehead atoms. The highest BCUT2D eigenvalue weighted by Crippen LogP contribution is 1.88. The van der Waals surface area contributed by atoms with Gasteiger partial charge in [-0.25, -0.2) is 0 Å². The highest BCUT2D eigenvalue weighted by molar-refractivity contribution is 5.02. The molecule has 0 spiro atoms. The van der Waals surface area contributed by atoms with Gasteiger partial charge >= 0.3 is 0 Å². The van der Waals surface area contributed by atoms with Crippen molar-refractivity contribution in [3.05, 3.63) is 34.2 Å². The quantitative estimate of drug-likeness (QED) is 0.604. The van der Waals surface area contributed by atoms with Crippen LogP contribution in [0.2, 0.25) is 0 Å². The summed E-state index contributed by atoms with van der Waals surface area (Å²) in [5.74, 6) is 0. The standard InChI is InChI=1S/C7H9NO/c1-2-6-4-3-5-7(9)8-6/h3-5H,2H2,1H3,(H,8,9)/i1D3,2D2,3D,4D,5D. The smallest absolute Gasteiger partial charge is 0.248 e. The van der Waals surface area contributed by atoms with Crippen LogP contribution in [0.25, 0.3) is 0 Å². The van der Waals surface area contributed by atoms with Crippen molar-refractivity contribution in [2.45, 2.75) is 13.2 Å². The van der Waals surface area contributed by atoms with Gasteiger partial charge in [0.25, 0.3) is 0 Å². The summed E-state index contributed by atoms with van der Waals surface area (Å²) < 4.78 is 57.6. The Labute approximate surface area is 64.8 Å². The summed E-state index contributed by atoms with van der Waals surface area (Å²) in [5.41, 5.74) is -1.89. The largest absolute Gasteiger partial charge is 0.326 e. The number of hydrogen-bond acceptors (Lipinski definition) is 1. The Balaban J connectivity index is 3.60. The van der Waals surface area contributed by atoms with Crippen LogP contribution in [0, 0.1) is 0 Å². The van der Waals surface area contributed by atoms with E-state index in [0.717, 1.165) is 0 Å². The molecule has 0 radical (unpaired) electrons. The molecule has 0 amide bonds. The zero-order valence-corrected chi connectivity index (χ0v) is 4.41. The number of aromatic nitrogens is 1. The maximum absolute atomic E-state index is 11.2. The summed E-state index contributed by atoms with van der Waals surface area (Å²) in [4.78, 5) is 13.0. The van der Waals surface area contributed by atoms with Gasteiger partial charge in [0, 0.05) is 18.6 Å².